The van der Waals surface area contributed by atoms with Gasteiger partial charge in [0.15, 0.2) is 0 Å². The standard InChI is InChI=1S/C15H21N5O2/c1-4-12-7-13(19(3)17-12)15(21)20-5-6-22-14(10-20)11-8-16-18(2)9-11/h7-9,14H,4-6,10H2,1-3H3. The molecule has 0 spiro atoms. The molecule has 1 unspecified atom stereocenters. The van der Waals surface area contributed by atoms with Gasteiger partial charge in [0.05, 0.1) is 25.0 Å². The first-order valence-electron chi connectivity index (χ1n) is 7.50. The molecule has 1 amide bonds. The molecule has 2 aromatic heterocycles. The first-order valence-corrected chi connectivity index (χ1v) is 7.50. The number of carbonyl (C=O) groups is 1. The molecular weight excluding hydrogens is 282 g/mol. The molecule has 3 rings (SSSR count). The predicted molar refractivity (Wildman–Crippen MR) is 80.4 cm³/mol. The van der Waals surface area contributed by atoms with Crippen molar-refractivity contribution in [1.29, 1.82) is 0 Å². The van der Waals surface area contributed by atoms with Crippen LogP contribution in [0.25, 0.3) is 0 Å². The van der Waals surface area contributed by atoms with E-state index in [9.17, 15) is 4.79 Å². The second-order valence-corrected chi connectivity index (χ2v) is 5.56. The largest absolute Gasteiger partial charge is 0.370 e. The van der Waals surface area contributed by atoms with Crippen LogP contribution in [0, 0.1) is 0 Å². The molecule has 0 bridgehead atoms. The second-order valence-electron chi connectivity index (χ2n) is 5.56. The van der Waals surface area contributed by atoms with Crippen LogP contribution in [0.15, 0.2) is 18.5 Å². The van der Waals surface area contributed by atoms with Crippen molar-refractivity contribution in [3.63, 3.8) is 0 Å². The van der Waals surface area contributed by atoms with Gasteiger partial charge in [0.25, 0.3) is 5.91 Å². The predicted octanol–water partition coefficient (Wildman–Crippen LogP) is 0.930. The summed E-state index contributed by atoms with van der Waals surface area (Å²) in [6, 6.07) is 1.87. The number of rotatable bonds is 3. The van der Waals surface area contributed by atoms with Gasteiger partial charge in [-0.25, -0.2) is 0 Å². The van der Waals surface area contributed by atoms with E-state index < -0.39 is 0 Å². The van der Waals surface area contributed by atoms with Gasteiger partial charge in [-0.2, -0.15) is 10.2 Å². The fraction of sp³-hybridized carbons (Fsp3) is 0.533. The summed E-state index contributed by atoms with van der Waals surface area (Å²) in [5.74, 6) is 0.00638. The van der Waals surface area contributed by atoms with E-state index in [1.807, 2.05) is 38.2 Å². The molecular formula is C15H21N5O2. The lowest BCUT2D eigenvalue weighted by molar-refractivity contribution is -0.0232. The quantitative estimate of drug-likeness (QED) is 0.846. The zero-order valence-corrected chi connectivity index (χ0v) is 13.2. The van der Waals surface area contributed by atoms with Gasteiger partial charge in [0, 0.05) is 32.4 Å². The lowest BCUT2D eigenvalue weighted by Crippen LogP contribution is -2.42. The van der Waals surface area contributed by atoms with Crippen LogP contribution < -0.4 is 0 Å². The van der Waals surface area contributed by atoms with E-state index in [-0.39, 0.29) is 12.0 Å². The van der Waals surface area contributed by atoms with Crippen molar-refractivity contribution in [1.82, 2.24) is 24.5 Å². The molecule has 1 aliphatic rings. The first kappa shape index (κ1) is 14.8. The second kappa shape index (κ2) is 5.92. The van der Waals surface area contributed by atoms with Crippen LogP contribution in [-0.2, 0) is 25.3 Å². The van der Waals surface area contributed by atoms with Crippen LogP contribution in [0.2, 0.25) is 0 Å². The van der Waals surface area contributed by atoms with Crippen molar-refractivity contribution in [2.24, 2.45) is 14.1 Å². The number of aromatic nitrogens is 4. The molecule has 1 aliphatic heterocycles. The minimum atomic E-state index is -0.120. The summed E-state index contributed by atoms with van der Waals surface area (Å²) < 4.78 is 9.19. The number of aryl methyl sites for hydroxylation is 3. The van der Waals surface area contributed by atoms with Gasteiger partial charge in [0.2, 0.25) is 0 Å². The summed E-state index contributed by atoms with van der Waals surface area (Å²) in [6.07, 6.45) is 4.42. The number of nitrogens with zero attached hydrogens (tertiary/aromatic N) is 5. The van der Waals surface area contributed by atoms with E-state index in [1.165, 1.54) is 0 Å². The molecule has 0 N–H and O–H groups in total. The molecule has 0 radical (unpaired) electrons. The Morgan fingerprint density at radius 1 is 1.45 bits per heavy atom. The zero-order valence-electron chi connectivity index (χ0n) is 13.2. The molecule has 1 atom stereocenters. The lowest BCUT2D eigenvalue weighted by atomic mass is 10.1. The molecule has 7 heteroatoms. The van der Waals surface area contributed by atoms with Crippen LogP contribution in [0.5, 0.6) is 0 Å². The molecule has 22 heavy (non-hydrogen) atoms. The van der Waals surface area contributed by atoms with E-state index in [2.05, 4.69) is 10.2 Å². The van der Waals surface area contributed by atoms with Crippen molar-refractivity contribution < 1.29 is 9.53 Å². The topological polar surface area (TPSA) is 65.2 Å². The third kappa shape index (κ3) is 2.76. The van der Waals surface area contributed by atoms with E-state index in [1.54, 1.807) is 15.6 Å². The number of hydrogen-bond donors (Lipinski definition) is 0. The Labute approximate surface area is 129 Å². The van der Waals surface area contributed by atoms with Gasteiger partial charge < -0.3 is 9.64 Å². The van der Waals surface area contributed by atoms with E-state index >= 15 is 0 Å². The summed E-state index contributed by atoms with van der Waals surface area (Å²) >= 11 is 0. The number of ether oxygens (including phenoxy) is 1. The molecule has 0 aliphatic carbocycles. The highest BCUT2D eigenvalue weighted by Gasteiger charge is 2.28. The van der Waals surface area contributed by atoms with Crippen LogP contribution in [0.3, 0.4) is 0 Å². The lowest BCUT2D eigenvalue weighted by Gasteiger charge is -2.32. The Hall–Kier alpha value is -2.15. The van der Waals surface area contributed by atoms with Crippen molar-refractivity contribution >= 4 is 5.91 Å². The Morgan fingerprint density at radius 3 is 2.91 bits per heavy atom. The van der Waals surface area contributed by atoms with Crippen LogP contribution >= 0.6 is 0 Å². The first-order chi connectivity index (χ1) is 10.6. The highest BCUT2D eigenvalue weighted by Crippen LogP contribution is 2.22. The van der Waals surface area contributed by atoms with E-state index in [0.717, 1.165) is 17.7 Å². The highest BCUT2D eigenvalue weighted by atomic mass is 16.5. The molecule has 118 valence electrons. The van der Waals surface area contributed by atoms with Gasteiger partial charge in [0.1, 0.15) is 11.8 Å². The normalized spacial score (nSPS) is 18.7. The average Bonchev–Trinajstić information content (AvgIpc) is 3.12. The number of hydrogen-bond acceptors (Lipinski definition) is 4. The Morgan fingerprint density at radius 2 is 2.27 bits per heavy atom. The van der Waals surface area contributed by atoms with Crippen molar-refractivity contribution in [3.05, 3.63) is 35.4 Å². The summed E-state index contributed by atoms with van der Waals surface area (Å²) in [6.45, 7) is 3.70. The minimum absolute atomic E-state index is 0.00638. The van der Waals surface area contributed by atoms with E-state index in [0.29, 0.717) is 25.4 Å². The molecule has 1 fully saturated rings. The van der Waals surface area contributed by atoms with Gasteiger partial charge in [-0.3, -0.25) is 14.2 Å². The minimum Gasteiger partial charge on any atom is -0.370 e. The van der Waals surface area contributed by atoms with Gasteiger partial charge >= 0.3 is 0 Å². The molecule has 2 aromatic rings. The molecule has 3 heterocycles. The van der Waals surface area contributed by atoms with Crippen molar-refractivity contribution in [3.8, 4) is 0 Å². The van der Waals surface area contributed by atoms with Gasteiger partial charge in [-0.1, -0.05) is 6.92 Å². The number of carbonyl (C=O) groups excluding carboxylic acids is 1. The summed E-state index contributed by atoms with van der Waals surface area (Å²) in [4.78, 5) is 14.6. The maximum atomic E-state index is 12.7. The molecule has 0 saturated carbocycles. The smallest absolute Gasteiger partial charge is 0.272 e. The van der Waals surface area contributed by atoms with Crippen LogP contribution in [0.1, 0.15) is 34.8 Å². The van der Waals surface area contributed by atoms with E-state index in [4.69, 9.17) is 4.74 Å². The van der Waals surface area contributed by atoms with Crippen molar-refractivity contribution in [2.45, 2.75) is 19.4 Å². The molecule has 1 saturated heterocycles. The maximum absolute atomic E-state index is 12.7. The highest BCUT2D eigenvalue weighted by molar-refractivity contribution is 5.92. The Kier molecular flexibility index (Phi) is 3.98. The average molecular weight is 303 g/mol. The monoisotopic (exact) mass is 303 g/mol. The van der Waals surface area contributed by atoms with Gasteiger partial charge in [-0.05, 0) is 12.5 Å². The fourth-order valence-electron chi connectivity index (χ4n) is 2.70. The number of morpholine rings is 1. The van der Waals surface area contributed by atoms with Crippen LogP contribution in [0.4, 0.5) is 0 Å². The summed E-state index contributed by atoms with van der Waals surface area (Å²) in [5.41, 5.74) is 2.56. The molecule has 0 aromatic carbocycles. The van der Waals surface area contributed by atoms with Gasteiger partial charge in [-0.15, -0.1) is 0 Å². The maximum Gasteiger partial charge on any atom is 0.272 e. The SMILES string of the molecule is CCc1cc(C(=O)N2CCOC(c3cnn(C)c3)C2)n(C)n1. The Balaban J connectivity index is 1.76. The zero-order chi connectivity index (χ0) is 15.7. The van der Waals surface area contributed by atoms with Crippen molar-refractivity contribution in [2.75, 3.05) is 19.7 Å². The third-order valence-electron chi connectivity index (χ3n) is 3.96. The number of amides is 1. The van der Waals surface area contributed by atoms with Crippen LogP contribution in [-0.4, -0.2) is 50.1 Å². The third-order valence-corrected chi connectivity index (χ3v) is 3.96. The Bertz CT molecular complexity index is 675. The summed E-state index contributed by atoms with van der Waals surface area (Å²) in [5, 5.41) is 8.52. The summed E-state index contributed by atoms with van der Waals surface area (Å²) in [7, 11) is 3.68. The molecule has 7 nitrogen and oxygen atoms in total. The fourth-order valence-corrected chi connectivity index (χ4v) is 2.70.